The summed E-state index contributed by atoms with van der Waals surface area (Å²) in [5.74, 6) is 0.157. The Bertz CT molecular complexity index is 398. The van der Waals surface area contributed by atoms with E-state index in [1.54, 1.807) is 12.1 Å². The van der Waals surface area contributed by atoms with Crippen molar-refractivity contribution >= 4 is 15.9 Å². The highest BCUT2D eigenvalue weighted by atomic mass is 79.9. The predicted octanol–water partition coefficient (Wildman–Crippen LogP) is 3.40. The van der Waals surface area contributed by atoms with Crippen molar-refractivity contribution in [2.24, 2.45) is 5.92 Å². The maximum absolute atomic E-state index is 13.0. The lowest BCUT2D eigenvalue weighted by molar-refractivity contribution is 0.524. The van der Waals surface area contributed by atoms with Crippen molar-refractivity contribution in [3.05, 3.63) is 34.1 Å². The van der Waals surface area contributed by atoms with Gasteiger partial charge in [0.2, 0.25) is 0 Å². The smallest absolute Gasteiger partial charge is 0.137 e. The first-order chi connectivity index (χ1) is 7.54. The monoisotopic (exact) mass is 284 g/mol. The van der Waals surface area contributed by atoms with Gasteiger partial charge in [0.05, 0.1) is 10.5 Å². The van der Waals surface area contributed by atoms with Gasteiger partial charge in [0.15, 0.2) is 0 Å². The molecule has 4 heteroatoms. The summed E-state index contributed by atoms with van der Waals surface area (Å²) in [6.07, 6.45) is 0. The van der Waals surface area contributed by atoms with Crippen molar-refractivity contribution in [1.29, 1.82) is 5.26 Å². The lowest BCUT2D eigenvalue weighted by Gasteiger charge is -2.14. The van der Waals surface area contributed by atoms with Gasteiger partial charge in [0.1, 0.15) is 11.9 Å². The van der Waals surface area contributed by atoms with Crippen LogP contribution in [0.25, 0.3) is 0 Å². The third kappa shape index (κ3) is 3.58. The molecule has 1 unspecified atom stereocenters. The molecule has 0 radical (unpaired) electrons. The van der Waals surface area contributed by atoms with Crippen LogP contribution in [0.15, 0.2) is 22.7 Å². The highest BCUT2D eigenvalue weighted by Gasteiger charge is 2.11. The highest BCUT2D eigenvalue weighted by molar-refractivity contribution is 9.10. The Labute approximate surface area is 104 Å². The van der Waals surface area contributed by atoms with E-state index in [2.05, 4.69) is 41.2 Å². The molecule has 0 aliphatic heterocycles. The molecule has 0 fully saturated rings. The second-order valence-corrected chi connectivity index (χ2v) is 4.89. The summed E-state index contributed by atoms with van der Waals surface area (Å²) < 4.78 is 13.4. The standard InChI is InChI=1S/C12H14BrFN2/c1-8(2)7-16-12(6-15)9-3-4-11(14)10(13)5-9/h3-5,8,12,16H,7H2,1-2H3. The van der Waals surface area contributed by atoms with E-state index in [4.69, 9.17) is 5.26 Å². The number of nitrogens with zero attached hydrogens (tertiary/aromatic N) is 1. The number of nitriles is 1. The normalized spacial score (nSPS) is 12.5. The van der Waals surface area contributed by atoms with Gasteiger partial charge in [0.25, 0.3) is 0 Å². The minimum Gasteiger partial charge on any atom is -0.298 e. The Balaban J connectivity index is 2.80. The van der Waals surface area contributed by atoms with Crippen LogP contribution in [0, 0.1) is 23.1 Å². The molecule has 1 aromatic carbocycles. The number of benzene rings is 1. The summed E-state index contributed by atoms with van der Waals surface area (Å²) in [5, 5.41) is 12.2. The summed E-state index contributed by atoms with van der Waals surface area (Å²) in [5.41, 5.74) is 0.774. The summed E-state index contributed by atoms with van der Waals surface area (Å²) >= 11 is 3.11. The predicted molar refractivity (Wildman–Crippen MR) is 65.3 cm³/mol. The molecule has 1 atom stereocenters. The molecule has 2 nitrogen and oxygen atoms in total. The molecule has 1 aromatic rings. The van der Waals surface area contributed by atoms with Crippen LogP contribution in [-0.2, 0) is 0 Å². The zero-order valence-corrected chi connectivity index (χ0v) is 10.9. The Morgan fingerprint density at radius 3 is 2.69 bits per heavy atom. The van der Waals surface area contributed by atoms with E-state index in [0.717, 1.165) is 12.1 Å². The number of hydrogen-bond donors (Lipinski definition) is 1. The zero-order chi connectivity index (χ0) is 12.1. The van der Waals surface area contributed by atoms with E-state index in [1.807, 2.05) is 0 Å². The van der Waals surface area contributed by atoms with E-state index in [1.165, 1.54) is 6.07 Å². The Morgan fingerprint density at radius 2 is 2.19 bits per heavy atom. The lowest BCUT2D eigenvalue weighted by Crippen LogP contribution is -2.24. The minimum absolute atomic E-state index is 0.315. The number of nitrogens with one attached hydrogen (secondary N) is 1. The van der Waals surface area contributed by atoms with Gasteiger partial charge in [-0.15, -0.1) is 0 Å². The molecular formula is C12H14BrFN2. The van der Waals surface area contributed by atoms with Crippen molar-refractivity contribution < 1.29 is 4.39 Å². The van der Waals surface area contributed by atoms with Crippen LogP contribution < -0.4 is 5.32 Å². The van der Waals surface area contributed by atoms with E-state index in [-0.39, 0.29) is 11.9 Å². The number of halogens is 2. The minimum atomic E-state index is -0.390. The molecule has 0 aromatic heterocycles. The average Bonchev–Trinajstić information content (AvgIpc) is 2.23. The van der Waals surface area contributed by atoms with Crippen LogP contribution >= 0.6 is 15.9 Å². The van der Waals surface area contributed by atoms with Gasteiger partial charge in [0, 0.05) is 0 Å². The van der Waals surface area contributed by atoms with Crippen LogP contribution in [0.3, 0.4) is 0 Å². The average molecular weight is 285 g/mol. The van der Waals surface area contributed by atoms with E-state index in [0.29, 0.717) is 10.4 Å². The number of rotatable bonds is 4. The first-order valence-corrected chi connectivity index (χ1v) is 5.92. The van der Waals surface area contributed by atoms with Crippen molar-refractivity contribution in [3.63, 3.8) is 0 Å². The molecule has 0 aliphatic carbocycles. The van der Waals surface area contributed by atoms with Gasteiger partial charge in [-0.05, 0) is 46.1 Å². The van der Waals surface area contributed by atoms with Crippen LogP contribution in [0.5, 0.6) is 0 Å². The Kier molecular flexibility index (Phi) is 4.91. The molecule has 0 saturated carbocycles. The van der Waals surface area contributed by atoms with Gasteiger partial charge < -0.3 is 0 Å². The molecule has 1 N–H and O–H groups in total. The second kappa shape index (κ2) is 5.97. The summed E-state index contributed by atoms with van der Waals surface area (Å²) in [4.78, 5) is 0. The van der Waals surface area contributed by atoms with E-state index < -0.39 is 0 Å². The van der Waals surface area contributed by atoms with E-state index >= 15 is 0 Å². The van der Waals surface area contributed by atoms with Gasteiger partial charge >= 0.3 is 0 Å². The molecule has 0 spiro atoms. The number of hydrogen-bond acceptors (Lipinski definition) is 2. The third-order valence-electron chi connectivity index (χ3n) is 2.14. The van der Waals surface area contributed by atoms with Gasteiger partial charge in [-0.2, -0.15) is 5.26 Å². The molecule has 1 rings (SSSR count). The molecule has 0 saturated heterocycles. The third-order valence-corrected chi connectivity index (χ3v) is 2.74. The van der Waals surface area contributed by atoms with Gasteiger partial charge in [-0.25, -0.2) is 4.39 Å². The first-order valence-electron chi connectivity index (χ1n) is 5.12. The fraction of sp³-hybridized carbons (Fsp3) is 0.417. The molecule has 86 valence electrons. The van der Waals surface area contributed by atoms with Crippen LogP contribution in [0.1, 0.15) is 25.5 Å². The van der Waals surface area contributed by atoms with Crippen LogP contribution in [-0.4, -0.2) is 6.54 Å². The summed E-state index contributed by atoms with van der Waals surface area (Å²) in [7, 11) is 0. The molecule has 0 aliphatic rings. The molecule has 16 heavy (non-hydrogen) atoms. The summed E-state index contributed by atoms with van der Waals surface area (Å²) in [6, 6.07) is 6.40. The summed E-state index contributed by atoms with van der Waals surface area (Å²) in [6.45, 7) is 4.90. The molecule has 0 bridgehead atoms. The first kappa shape index (κ1) is 13.1. The van der Waals surface area contributed by atoms with Crippen molar-refractivity contribution in [2.45, 2.75) is 19.9 Å². The van der Waals surface area contributed by atoms with Crippen molar-refractivity contribution in [1.82, 2.24) is 5.32 Å². The fourth-order valence-electron chi connectivity index (χ4n) is 1.28. The topological polar surface area (TPSA) is 35.8 Å². The Hall–Kier alpha value is -0.920. The zero-order valence-electron chi connectivity index (χ0n) is 9.30. The highest BCUT2D eigenvalue weighted by Crippen LogP contribution is 2.21. The Morgan fingerprint density at radius 1 is 1.50 bits per heavy atom. The molecular weight excluding hydrogens is 271 g/mol. The van der Waals surface area contributed by atoms with Crippen LogP contribution in [0.2, 0.25) is 0 Å². The quantitative estimate of drug-likeness (QED) is 0.920. The van der Waals surface area contributed by atoms with Crippen LogP contribution in [0.4, 0.5) is 4.39 Å². The van der Waals surface area contributed by atoms with Gasteiger partial charge in [-0.1, -0.05) is 19.9 Å². The maximum atomic E-state index is 13.0. The molecule has 0 heterocycles. The second-order valence-electron chi connectivity index (χ2n) is 4.04. The lowest BCUT2D eigenvalue weighted by atomic mass is 10.1. The largest absolute Gasteiger partial charge is 0.298 e. The van der Waals surface area contributed by atoms with Crippen molar-refractivity contribution in [2.75, 3.05) is 6.54 Å². The van der Waals surface area contributed by atoms with Crippen molar-refractivity contribution in [3.8, 4) is 6.07 Å². The SMILES string of the molecule is CC(C)CNC(C#N)c1ccc(F)c(Br)c1. The maximum Gasteiger partial charge on any atom is 0.137 e. The van der Waals surface area contributed by atoms with Gasteiger partial charge in [-0.3, -0.25) is 5.32 Å². The molecule has 0 amide bonds. The fourth-order valence-corrected chi connectivity index (χ4v) is 1.68. The van der Waals surface area contributed by atoms with E-state index in [9.17, 15) is 4.39 Å².